The van der Waals surface area contributed by atoms with Gasteiger partial charge in [0.2, 0.25) is 15.9 Å². The Kier molecular flexibility index (Phi) is 6.21. The number of anilines is 3. The van der Waals surface area contributed by atoms with Crippen LogP contribution in [-0.4, -0.2) is 52.4 Å². The topological polar surface area (TPSA) is 81.8 Å². The van der Waals surface area contributed by atoms with E-state index in [1.807, 2.05) is 43.3 Å². The number of carbonyl (C=O) groups is 1. The van der Waals surface area contributed by atoms with Gasteiger partial charge in [-0.1, -0.05) is 0 Å². The second-order valence-corrected chi connectivity index (χ2v) is 8.92. The van der Waals surface area contributed by atoms with Gasteiger partial charge in [-0.15, -0.1) is 0 Å². The van der Waals surface area contributed by atoms with Crippen LogP contribution in [0.15, 0.2) is 53.4 Å². The third kappa shape index (κ3) is 4.82. The number of hydrogen-bond donors (Lipinski definition) is 2. The molecule has 2 N–H and O–H groups in total. The number of nitrogens with zero attached hydrogens (tertiary/aromatic N) is 2. The van der Waals surface area contributed by atoms with Crippen molar-refractivity contribution in [2.75, 3.05) is 49.3 Å². The quantitative estimate of drug-likeness (QED) is 0.744. The average molecular weight is 403 g/mol. The van der Waals surface area contributed by atoms with Gasteiger partial charge < -0.3 is 15.5 Å². The Morgan fingerprint density at radius 2 is 1.54 bits per heavy atom. The molecule has 1 aliphatic heterocycles. The van der Waals surface area contributed by atoms with Crippen LogP contribution in [-0.2, 0) is 14.8 Å². The maximum atomic E-state index is 12.5. The summed E-state index contributed by atoms with van der Waals surface area (Å²) in [5.74, 6) is -0.175. The zero-order valence-electron chi connectivity index (χ0n) is 16.2. The number of rotatable bonds is 7. The molecule has 0 radical (unpaired) electrons. The Morgan fingerprint density at radius 3 is 2.11 bits per heavy atom. The van der Waals surface area contributed by atoms with Crippen LogP contribution in [0, 0.1) is 0 Å². The van der Waals surface area contributed by atoms with E-state index in [-0.39, 0.29) is 17.3 Å². The van der Waals surface area contributed by atoms with E-state index in [2.05, 4.69) is 10.6 Å². The summed E-state index contributed by atoms with van der Waals surface area (Å²) in [4.78, 5) is 14.4. The van der Waals surface area contributed by atoms with Gasteiger partial charge in [0, 0.05) is 44.2 Å². The molecule has 0 atom stereocenters. The van der Waals surface area contributed by atoms with Crippen molar-refractivity contribution in [3.05, 3.63) is 48.5 Å². The molecule has 2 aromatic rings. The first kappa shape index (κ1) is 20.2. The fraction of sp³-hybridized carbons (Fsp3) is 0.350. The molecule has 1 amide bonds. The molecule has 28 heavy (non-hydrogen) atoms. The molecule has 3 rings (SSSR count). The van der Waals surface area contributed by atoms with Crippen molar-refractivity contribution in [1.82, 2.24) is 4.31 Å². The minimum atomic E-state index is -3.41. The van der Waals surface area contributed by atoms with Crippen LogP contribution in [0.3, 0.4) is 0 Å². The summed E-state index contributed by atoms with van der Waals surface area (Å²) < 4.78 is 26.6. The number of carbonyl (C=O) groups excluding carboxylic acids is 1. The number of benzene rings is 2. The predicted molar refractivity (Wildman–Crippen MR) is 112 cm³/mol. The maximum absolute atomic E-state index is 12.5. The number of sulfonamides is 1. The molecule has 0 saturated carbocycles. The highest BCUT2D eigenvalue weighted by Crippen LogP contribution is 2.22. The zero-order chi connectivity index (χ0) is 20.1. The smallest absolute Gasteiger partial charge is 0.243 e. The van der Waals surface area contributed by atoms with Crippen LogP contribution in [0.2, 0.25) is 0 Å². The normalized spacial score (nSPS) is 14.6. The SMILES string of the molecule is CN(C)c1ccc(NC(=O)CNc2ccc(S(=O)(=O)N3CCCC3)cc2)cc1. The summed E-state index contributed by atoms with van der Waals surface area (Å²) >= 11 is 0. The molecular weight excluding hydrogens is 376 g/mol. The first-order valence-corrected chi connectivity index (χ1v) is 10.7. The molecule has 1 heterocycles. The van der Waals surface area contributed by atoms with Crippen molar-refractivity contribution in [3.8, 4) is 0 Å². The minimum absolute atomic E-state index is 0.0909. The molecule has 1 saturated heterocycles. The molecule has 0 aliphatic carbocycles. The van der Waals surface area contributed by atoms with E-state index in [9.17, 15) is 13.2 Å². The first-order chi connectivity index (χ1) is 13.4. The van der Waals surface area contributed by atoms with Crippen LogP contribution in [0.1, 0.15) is 12.8 Å². The monoisotopic (exact) mass is 402 g/mol. The second kappa shape index (κ2) is 8.62. The summed E-state index contributed by atoms with van der Waals surface area (Å²) in [5, 5.41) is 5.84. The molecule has 0 bridgehead atoms. The van der Waals surface area contributed by atoms with E-state index >= 15 is 0 Å². The van der Waals surface area contributed by atoms with Crippen LogP contribution in [0.4, 0.5) is 17.1 Å². The van der Waals surface area contributed by atoms with Crippen molar-refractivity contribution in [2.45, 2.75) is 17.7 Å². The van der Waals surface area contributed by atoms with E-state index in [0.29, 0.717) is 18.8 Å². The van der Waals surface area contributed by atoms with E-state index < -0.39 is 10.0 Å². The molecule has 1 aliphatic rings. The molecular formula is C20H26N4O3S. The van der Waals surface area contributed by atoms with Crippen LogP contribution >= 0.6 is 0 Å². The van der Waals surface area contributed by atoms with E-state index in [4.69, 9.17) is 0 Å². The maximum Gasteiger partial charge on any atom is 0.243 e. The molecule has 0 aromatic heterocycles. The minimum Gasteiger partial charge on any atom is -0.378 e. The summed E-state index contributed by atoms with van der Waals surface area (Å²) in [6.45, 7) is 1.25. The fourth-order valence-electron chi connectivity index (χ4n) is 3.05. The molecule has 0 unspecified atom stereocenters. The average Bonchev–Trinajstić information content (AvgIpc) is 3.23. The number of nitrogens with one attached hydrogen (secondary N) is 2. The lowest BCUT2D eigenvalue weighted by molar-refractivity contribution is -0.114. The molecule has 150 valence electrons. The molecule has 8 heteroatoms. The van der Waals surface area contributed by atoms with Crippen molar-refractivity contribution < 1.29 is 13.2 Å². The Hall–Kier alpha value is -2.58. The number of hydrogen-bond acceptors (Lipinski definition) is 5. The lowest BCUT2D eigenvalue weighted by Gasteiger charge is -2.16. The first-order valence-electron chi connectivity index (χ1n) is 9.27. The lowest BCUT2D eigenvalue weighted by Crippen LogP contribution is -2.27. The van der Waals surface area contributed by atoms with Gasteiger partial charge in [-0.05, 0) is 61.4 Å². The highest BCUT2D eigenvalue weighted by Gasteiger charge is 2.26. The van der Waals surface area contributed by atoms with Crippen LogP contribution in [0.25, 0.3) is 0 Å². The molecule has 7 nitrogen and oxygen atoms in total. The molecule has 1 fully saturated rings. The highest BCUT2D eigenvalue weighted by atomic mass is 32.2. The van der Waals surface area contributed by atoms with Gasteiger partial charge in [0.15, 0.2) is 0 Å². The van der Waals surface area contributed by atoms with E-state index in [1.165, 1.54) is 4.31 Å². The summed E-state index contributed by atoms with van der Waals surface area (Å²) in [6.07, 6.45) is 1.82. The lowest BCUT2D eigenvalue weighted by atomic mass is 10.2. The van der Waals surface area contributed by atoms with Gasteiger partial charge in [-0.3, -0.25) is 4.79 Å². The molecule has 2 aromatic carbocycles. The van der Waals surface area contributed by atoms with Crippen LogP contribution in [0.5, 0.6) is 0 Å². The van der Waals surface area contributed by atoms with Crippen molar-refractivity contribution >= 4 is 33.0 Å². The highest BCUT2D eigenvalue weighted by molar-refractivity contribution is 7.89. The van der Waals surface area contributed by atoms with Crippen LogP contribution < -0.4 is 15.5 Å². The number of amides is 1. The Bertz CT molecular complexity index is 903. The Labute approximate surface area is 166 Å². The van der Waals surface area contributed by atoms with Gasteiger partial charge >= 0.3 is 0 Å². The third-order valence-corrected chi connectivity index (χ3v) is 6.59. The van der Waals surface area contributed by atoms with Crippen molar-refractivity contribution in [1.29, 1.82) is 0 Å². The predicted octanol–water partition coefficient (Wildman–Crippen LogP) is 2.59. The van der Waals surface area contributed by atoms with Crippen molar-refractivity contribution in [2.24, 2.45) is 0 Å². The van der Waals surface area contributed by atoms with Crippen molar-refractivity contribution in [3.63, 3.8) is 0 Å². The van der Waals surface area contributed by atoms with Gasteiger partial charge in [0.25, 0.3) is 0 Å². The third-order valence-electron chi connectivity index (χ3n) is 4.68. The largest absolute Gasteiger partial charge is 0.378 e. The van der Waals surface area contributed by atoms with Gasteiger partial charge in [0.1, 0.15) is 0 Å². The summed E-state index contributed by atoms with van der Waals surface area (Å²) in [6, 6.07) is 14.1. The Morgan fingerprint density at radius 1 is 0.964 bits per heavy atom. The van der Waals surface area contributed by atoms with Gasteiger partial charge in [-0.2, -0.15) is 4.31 Å². The summed E-state index contributed by atoms with van der Waals surface area (Å²) in [7, 11) is 0.501. The van der Waals surface area contributed by atoms with E-state index in [0.717, 1.165) is 24.2 Å². The molecule has 0 spiro atoms. The summed E-state index contributed by atoms with van der Waals surface area (Å²) in [5.41, 5.74) is 2.48. The standard InChI is InChI=1S/C20H26N4O3S/c1-23(2)18-9-5-17(6-10-18)22-20(25)15-21-16-7-11-19(12-8-16)28(26,27)24-13-3-4-14-24/h5-12,21H,3-4,13-15H2,1-2H3,(H,22,25). The van der Waals surface area contributed by atoms with Gasteiger partial charge in [0.05, 0.1) is 11.4 Å². The van der Waals surface area contributed by atoms with E-state index in [1.54, 1.807) is 24.3 Å². The van der Waals surface area contributed by atoms with Gasteiger partial charge in [-0.25, -0.2) is 8.42 Å². The fourth-order valence-corrected chi connectivity index (χ4v) is 4.57. The second-order valence-electron chi connectivity index (χ2n) is 6.98. The zero-order valence-corrected chi connectivity index (χ0v) is 17.0. The Balaban J connectivity index is 1.53.